The molecule has 0 atom stereocenters. The van der Waals surface area contributed by atoms with Crippen LogP contribution in [0.5, 0.6) is 5.88 Å². The van der Waals surface area contributed by atoms with Crippen molar-refractivity contribution >= 4 is 0 Å². The van der Waals surface area contributed by atoms with Crippen LogP contribution in [0.25, 0.3) is 0 Å². The predicted molar refractivity (Wildman–Crippen MR) is 81.1 cm³/mol. The van der Waals surface area contributed by atoms with Crippen molar-refractivity contribution in [1.29, 1.82) is 0 Å². The molecule has 112 valence electrons. The molecule has 1 saturated carbocycles. The molecule has 1 N–H and O–H groups in total. The lowest BCUT2D eigenvalue weighted by Gasteiger charge is -2.12. The van der Waals surface area contributed by atoms with E-state index in [4.69, 9.17) is 9.15 Å². The summed E-state index contributed by atoms with van der Waals surface area (Å²) in [5.41, 5.74) is 1.15. The van der Waals surface area contributed by atoms with Gasteiger partial charge in [0.15, 0.2) is 0 Å². The number of pyridine rings is 1. The van der Waals surface area contributed by atoms with Gasteiger partial charge in [0, 0.05) is 18.8 Å². The summed E-state index contributed by atoms with van der Waals surface area (Å²) in [6.45, 7) is 3.46. The van der Waals surface area contributed by atoms with E-state index in [0.717, 1.165) is 48.9 Å². The lowest BCUT2D eigenvalue weighted by molar-refractivity contribution is 0.201. The highest BCUT2D eigenvalue weighted by atomic mass is 16.5. The van der Waals surface area contributed by atoms with Crippen molar-refractivity contribution in [3.05, 3.63) is 47.5 Å². The van der Waals surface area contributed by atoms with Crippen LogP contribution in [0.1, 0.15) is 42.8 Å². The Labute approximate surface area is 125 Å². The van der Waals surface area contributed by atoms with Gasteiger partial charge in [0.2, 0.25) is 5.88 Å². The Morgan fingerprint density at radius 1 is 1.19 bits per heavy atom. The van der Waals surface area contributed by atoms with E-state index in [2.05, 4.69) is 16.4 Å². The predicted octanol–water partition coefficient (Wildman–Crippen LogP) is 3.59. The second-order valence-corrected chi connectivity index (χ2v) is 5.64. The molecule has 0 spiro atoms. The summed E-state index contributed by atoms with van der Waals surface area (Å²) in [5, 5.41) is 3.35. The van der Waals surface area contributed by atoms with Gasteiger partial charge < -0.3 is 14.5 Å². The summed E-state index contributed by atoms with van der Waals surface area (Å²) in [6, 6.07) is 8.01. The van der Waals surface area contributed by atoms with E-state index in [9.17, 15) is 0 Å². The van der Waals surface area contributed by atoms with Crippen molar-refractivity contribution in [2.45, 2.75) is 51.8 Å². The molecular formula is C17H22N2O2. The van der Waals surface area contributed by atoms with Crippen LogP contribution in [0.4, 0.5) is 0 Å². The molecule has 1 aliphatic rings. The maximum absolute atomic E-state index is 5.86. The third-order valence-electron chi connectivity index (χ3n) is 3.81. The third-order valence-corrected chi connectivity index (χ3v) is 3.81. The lowest BCUT2D eigenvalue weighted by Crippen LogP contribution is -2.13. The van der Waals surface area contributed by atoms with Gasteiger partial charge in [-0.3, -0.25) is 0 Å². The topological polar surface area (TPSA) is 47.3 Å². The van der Waals surface area contributed by atoms with E-state index in [1.165, 1.54) is 12.8 Å². The Balaban J connectivity index is 1.45. The molecule has 0 aromatic carbocycles. The smallest absolute Gasteiger partial charge is 0.213 e. The van der Waals surface area contributed by atoms with E-state index >= 15 is 0 Å². The number of nitrogens with zero attached hydrogens (tertiary/aromatic N) is 1. The summed E-state index contributed by atoms with van der Waals surface area (Å²) in [4.78, 5) is 4.39. The lowest BCUT2D eigenvalue weighted by atomic mass is 10.2. The maximum atomic E-state index is 5.86. The average Bonchev–Trinajstić information content (AvgIpc) is 3.13. The Kier molecular flexibility index (Phi) is 4.55. The van der Waals surface area contributed by atoms with Gasteiger partial charge in [-0.2, -0.15) is 0 Å². The van der Waals surface area contributed by atoms with Crippen molar-refractivity contribution in [1.82, 2.24) is 10.3 Å². The molecule has 2 aromatic heterocycles. The first-order chi connectivity index (χ1) is 10.3. The Bertz CT molecular complexity index is 556. The highest BCUT2D eigenvalue weighted by Crippen LogP contribution is 2.22. The highest BCUT2D eigenvalue weighted by Gasteiger charge is 2.16. The van der Waals surface area contributed by atoms with Crippen LogP contribution in [-0.4, -0.2) is 11.1 Å². The molecule has 0 aliphatic heterocycles. The van der Waals surface area contributed by atoms with E-state index in [-0.39, 0.29) is 0 Å². The molecule has 4 nitrogen and oxygen atoms in total. The first-order valence-electron chi connectivity index (χ1n) is 7.67. The molecule has 1 fully saturated rings. The molecule has 0 saturated heterocycles. The highest BCUT2D eigenvalue weighted by molar-refractivity contribution is 5.18. The van der Waals surface area contributed by atoms with Crippen molar-refractivity contribution < 1.29 is 9.15 Å². The first kappa shape index (κ1) is 14.1. The zero-order valence-corrected chi connectivity index (χ0v) is 12.5. The summed E-state index contributed by atoms with van der Waals surface area (Å²) in [5.74, 6) is 2.65. The van der Waals surface area contributed by atoms with Crippen LogP contribution in [0, 0.1) is 6.92 Å². The fourth-order valence-electron chi connectivity index (χ4n) is 2.67. The summed E-state index contributed by atoms with van der Waals surface area (Å²) in [6.07, 6.45) is 7.12. The van der Waals surface area contributed by atoms with Crippen molar-refractivity contribution in [2.75, 3.05) is 0 Å². The number of aryl methyl sites for hydroxylation is 1. The van der Waals surface area contributed by atoms with Gasteiger partial charge in [-0.1, -0.05) is 6.07 Å². The Morgan fingerprint density at radius 3 is 2.71 bits per heavy atom. The minimum atomic E-state index is 0.365. The van der Waals surface area contributed by atoms with Crippen LogP contribution >= 0.6 is 0 Å². The van der Waals surface area contributed by atoms with Gasteiger partial charge in [-0.05, 0) is 50.3 Å². The second-order valence-electron chi connectivity index (χ2n) is 5.64. The van der Waals surface area contributed by atoms with Gasteiger partial charge in [0.25, 0.3) is 0 Å². The van der Waals surface area contributed by atoms with Gasteiger partial charge in [0.1, 0.15) is 17.6 Å². The molecule has 1 aliphatic carbocycles. The van der Waals surface area contributed by atoms with Crippen LogP contribution < -0.4 is 10.1 Å². The molecule has 2 heterocycles. The van der Waals surface area contributed by atoms with Crippen LogP contribution in [0.2, 0.25) is 0 Å². The molecule has 3 rings (SSSR count). The van der Waals surface area contributed by atoms with Crippen LogP contribution in [0.3, 0.4) is 0 Å². The van der Waals surface area contributed by atoms with Crippen molar-refractivity contribution in [3.8, 4) is 5.88 Å². The molecule has 0 radical (unpaired) electrons. The van der Waals surface area contributed by atoms with E-state index < -0.39 is 0 Å². The number of hydrogen-bond acceptors (Lipinski definition) is 4. The van der Waals surface area contributed by atoms with E-state index in [1.54, 1.807) is 0 Å². The zero-order chi connectivity index (χ0) is 14.5. The van der Waals surface area contributed by atoms with Gasteiger partial charge in [-0.25, -0.2) is 4.98 Å². The zero-order valence-electron chi connectivity index (χ0n) is 12.5. The normalized spacial score (nSPS) is 15.5. The Hall–Kier alpha value is -1.81. The number of furan rings is 1. The van der Waals surface area contributed by atoms with Crippen LogP contribution in [-0.2, 0) is 13.1 Å². The fraction of sp³-hybridized carbons (Fsp3) is 0.471. The van der Waals surface area contributed by atoms with E-state index in [1.807, 2.05) is 31.3 Å². The summed E-state index contributed by atoms with van der Waals surface area (Å²) in [7, 11) is 0. The quantitative estimate of drug-likeness (QED) is 0.881. The molecular weight excluding hydrogens is 264 g/mol. The molecule has 4 heteroatoms. The summed E-state index contributed by atoms with van der Waals surface area (Å²) < 4.78 is 11.4. The molecule has 0 amide bonds. The third kappa shape index (κ3) is 4.08. The molecule has 2 aromatic rings. The Morgan fingerprint density at radius 2 is 2.05 bits per heavy atom. The summed E-state index contributed by atoms with van der Waals surface area (Å²) >= 11 is 0. The number of hydrogen-bond donors (Lipinski definition) is 1. The number of ether oxygens (including phenoxy) is 1. The van der Waals surface area contributed by atoms with Gasteiger partial charge in [-0.15, -0.1) is 0 Å². The fourth-order valence-corrected chi connectivity index (χ4v) is 2.67. The van der Waals surface area contributed by atoms with Crippen LogP contribution in [0.15, 0.2) is 34.9 Å². The molecule has 0 bridgehead atoms. The van der Waals surface area contributed by atoms with Gasteiger partial charge in [0.05, 0.1) is 6.54 Å². The van der Waals surface area contributed by atoms with Crippen molar-refractivity contribution in [3.63, 3.8) is 0 Å². The number of nitrogens with one attached hydrogen (secondary N) is 1. The van der Waals surface area contributed by atoms with Crippen molar-refractivity contribution in [2.24, 2.45) is 0 Å². The average molecular weight is 286 g/mol. The van der Waals surface area contributed by atoms with E-state index in [0.29, 0.717) is 6.10 Å². The molecule has 0 unspecified atom stereocenters. The standard InChI is InChI=1S/C17H22N2O2/c1-13-6-8-16(20-13)12-18-10-14-7-9-17(19-11-14)21-15-4-2-3-5-15/h6-9,11,15,18H,2-5,10,12H2,1H3. The SMILES string of the molecule is Cc1ccc(CNCc2ccc(OC3CCCC3)nc2)o1. The maximum Gasteiger partial charge on any atom is 0.213 e. The minimum absolute atomic E-state index is 0.365. The number of rotatable bonds is 6. The number of aromatic nitrogens is 1. The minimum Gasteiger partial charge on any atom is -0.474 e. The monoisotopic (exact) mass is 286 g/mol. The second kappa shape index (κ2) is 6.76. The first-order valence-corrected chi connectivity index (χ1v) is 7.67. The van der Waals surface area contributed by atoms with Gasteiger partial charge >= 0.3 is 0 Å². The molecule has 21 heavy (non-hydrogen) atoms. The largest absolute Gasteiger partial charge is 0.474 e.